The molecule has 1 unspecified atom stereocenters. The molecule has 5 nitrogen and oxygen atoms in total. The molecular formula is C26H31N3O2. The Morgan fingerprint density at radius 3 is 2.42 bits per heavy atom. The number of benzene rings is 2. The summed E-state index contributed by atoms with van der Waals surface area (Å²) >= 11 is 0. The maximum absolute atomic E-state index is 12.6. The van der Waals surface area contributed by atoms with Crippen molar-refractivity contribution >= 4 is 11.6 Å². The second-order valence-electron chi connectivity index (χ2n) is 8.40. The summed E-state index contributed by atoms with van der Waals surface area (Å²) in [6.07, 6.45) is 0. The second kappa shape index (κ2) is 9.40. The predicted molar refractivity (Wildman–Crippen MR) is 124 cm³/mol. The normalized spacial score (nSPS) is 15.6. The highest BCUT2D eigenvalue weighted by molar-refractivity contribution is 5.91. The summed E-state index contributed by atoms with van der Waals surface area (Å²) in [5, 5.41) is 3.01. The van der Waals surface area contributed by atoms with E-state index < -0.39 is 0 Å². The smallest absolute Gasteiger partial charge is 0.287 e. The molecule has 1 atom stereocenters. The molecule has 2 heterocycles. The van der Waals surface area contributed by atoms with Gasteiger partial charge in [-0.25, -0.2) is 0 Å². The molecule has 1 amide bonds. The zero-order chi connectivity index (χ0) is 21.8. The molecule has 1 aliphatic heterocycles. The molecule has 1 aromatic heterocycles. The van der Waals surface area contributed by atoms with Gasteiger partial charge in [0.15, 0.2) is 5.76 Å². The van der Waals surface area contributed by atoms with Crippen LogP contribution >= 0.6 is 0 Å². The number of aryl methyl sites for hydroxylation is 2. The number of rotatable bonds is 6. The van der Waals surface area contributed by atoms with Gasteiger partial charge in [0.25, 0.3) is 5.91 Å². The molecule has 0 spiro atoms. The number of hydrogen-bond donors (Lipinski definition) is 1. The standard InChI is InChI=1S/C26H31N3O2/c1-19-9-10-23(17-20(19)2)29-15-13-28(14-16-29)18-24-11-12-25(31-24)26(30)27-21(3)22-7-5-4-6-8-22/h4-12,17,21H,13-16,18H2,1-3H3,(H,27,30). The molecule has 1 aliphatic rings. The number of furan rings is 1. The van der Waals surface area contributed by atoms with Crippen molar-refractivity contribution in [2.24, 2.45) is 0 Å². The molecule has 31 heavy (non-hydrogen) atoms. The Morgan fingerprint density at radius 2 is 1.71 bits per heavy atom. The van der Waals surface area contributed by atoms with Gasteiger partial charge < -0.3 is 14.6 Å². The summed E-state index contributed by atoms with van der Waals surface area (Å²) in [7, 11) is 0. The fourth-order valence-electron chi connectivity index (χ4n) is 3.98. The average molecular weight is 418 g/mol. The Bertz CT molecular complexity index is 1020. The Hall–Kier alpha value is -3.05. The van der Waals surface area contributed by atoms with Crippen LogP contribution in [-0.4, -0.2) is 37.0 Å². The van der Waals surface area contributed by atoms with Gasteiger partial charge >= 0.3 is 0 Å². The van der Waals surface area contributed by atoms with Gasteiger partial charge in [-0.2, -0.15) is 0 Å². The third-order valence-electron chi connectivity index (χ3n) is 6.14. The Morgan fingerprint density at radius 1 is 0.968 bits per heavy atom. The molecule has 2 aromatic carbocycles. The molecule has 0 bridgehead atoms. The first-order chi connectivity index (χ1) is 15.0. The number of hydrogen-bond acceptors (Lipinski definition) is 4. The molecule has 3 aromatic rings. The molecule has 0 aliphatic carbocycles. The van der Waals surface area contributed by atoms with Gasteiger partial charge in [0.1, 0.15) is 5.76 Å². The van der Waals surface area contributed by atoms with E-state index in [-0.39, 0.29) is 11.9 Å². The fraction of sp³-hybridized carbons (Fsp3) is 0.346. The van der Waals surface area contributed by atoms with E-state index in [4.69, 9.17) is 4.42 Å². The van der Waals surface area contributed by atoms with Crippen LogP contribution < -0.4 is 10.2 Å². The van der Waals surface area contributed by atoms with E-state index in [0.29, 0.717) is 5.76 Å². The van der Waals surface area contributed by atoms with Crippen LogP contribution in [0.25, 0.3) is 0 Å². The van der Waals surface area contributed by atoms with Crippen molar-refractivity contribution in [3.63, 3.8) is 0 Å². The summed E-state index contributed by atoms with van der Waals surface area (Å²) in [5.74, 6) is 1.02. The lowest BCUT2D eigenvalue weighted by molar-refractivity contribution is 0.0907. The number of piperazine rings is 1. The maximum Gasteiger partial charge on any atom is 0.287 e. The van der Waals surface area contributed by atoms with Crippen LogP contribution in [0, 0.1) is 13.8 Å². The minimum absolute atomic E-state index is 0.0688. The number of carbonyl (C=O) groups is 1. The van der Waals surface area contributed by atoms with Crippen molar-refractivity contribution < 1.29 is 9.21 Å². The lowest BCUT2D eigenvalue weighted by atomic mass is 10.1. The van der Waals surface area contributed by atoms with Crippen molar-refractivity contribution in [1.29, 1.82) is 0 Å². The van der Waals surface area contributed by atoms with E-state index in [1.165, 1.54) is 16.8 Å². The average Bonchev–Trinajstić information content (AvgIpc) is 3.25. The van der Waals surface area contributed by atoms with Crippen LogP contribution in [0.5, 0.6) is 0 Å². The largest absolute Gasteiger partial charge is 0.455 e. The number of amides is 1. The molecule has 0 radical (unpaired) electrons. The van der Waals surface area contributed by atoms with E-state index in [2.05, 4.69) is 47.2 Å². The first-order valence-electron chi connectivity index (χ1n) is 11.0. The SMILES string of the molecule is Cc1ccc(N2CCN(Cc3ccc(C(=O)NC(C)c4ccccc4)o3)CC2)cc1C. The van der Waals surface area contributed by atoms with Crippen LogP contribution in [0.2, 0.25) is 0 Å². The fourth-order valence-corrected chi connectivity index (χ4v) is 3.98. The van der Waals surface area contributed by atoms with Crippen LogP contribution in [0.1, 0.15) is 46.0 Å². The minimum atomic E-state index is -0.179. The molecule has 162 valence electrons. The molecule has 5 heteroatoms. The molecular weight excluding hydrogens is 386 g/mol. The summed E-state index contributed by atoms with van der Waals surface area (Å²) in [4.78, 5) is 17.4. The van der Waals surface area contributed by atoms with Crippen molar-refractivity contribution in [2.45, 2.75) is 33.4 Å². The van der Waals surface area contributed by atoms with Gasteiger partial charge in [-0.15, -0.1) is 0 Å². The van der Waals surface area contributed by atoms with Gasteiger partial charge in [0, 0.05) is 31.9 Å². The Balaban J connectivity index is 1.29. The third-order valence-corrected chi connectivity index (χ3v) is 6.14. The Kier molecular flexibility index (Phi) is 6.42. The van der Waals surface area contributed by atoms with Gasteiger partial charge in [-0.1, -0.05) is 36.4 Å². The molecule has 1 saturated heterocycles. The first-order valence-corrected chi connectivity index (χ1v) is 11.0. The second-order valence-corrected chi connectivity index (χ2v) is 8.40. The van der Waals surface area contributed by atoms with Crippen LogP contribution in [0.3, 0.4) is 0 Å². The number of carbonyl (C=O) groups excluding carboxylic acids is 1. The van der Waals surface area contributed by atoms with E-state index in [1.54, 1.807) is 6.07 Å². The zero-order valence-corrected chi connectivity index (χ0v) is 18.6. The van der Waals surface area contributed by atoms with Gasteiger partial charge in [-0.05, 0) is 61.7 Å². The van der Waals surface area contributed by atoms with E-state index >= 15 is 0 Å². The molecule has 1 N–H and O–H groups in total. The van der Waals surface area contributed by atoms with Crippen molar-refractivity contribution in [3.8, 4) is 0 Å². The topological polar surface area (TPSA) is 48.7 Å². The zero-order valence-electron chi connectivity index (χ0n) is 18.6. The van der Waals surface area contributed by atoms with Crippen LogP contribution in [-0.2, 0) is 6.54 Å². The quantitative estimate of drug-likeness (QED) is 0.631. The van der Waals surface area contributed by atoms with Gasteiger partial charge in [0.2, 0.25) is 0 Å². The number of anilines is 1. The highest BCUT2D eigenvalue weighted by Crippen LogP contribution is 2.21. The first kappa shape index (κ1) is 21.2. The van der Waals surface area contributed by atoms with E-state index in [1.807, 2.05) is 43.3 Å². The lowest BCUT2D eigenvalue weighted by Crippen LogP contribution is -2.45. The van der Waals surface area contributed by atoms with Crippen LogP contribution in [0.15, 0.2) is 65.1 Å². The third kappa shape index (κ3) is 5.17. The molecule has 4 rings (SSSR count). The molecule has 1 fully saturated rings. The summed E-state index contributed by atoms with van der Waals surface area (Å²) in [6.45, 7) is 10.9. The number of nitrogens with one attached hydrogen (secondary N) is 1. The summed E-state index contributed by atoms with van der Waals surface area (Å²) in [5.41, 5.74) is 5.04. The van der Waals surface area contributed by atoms with E-state index in [9.17, 15) is 4.79 Å². The van der Waals surface area contributed by atoms with Crippen molar-refractivity contribution in [2.75, 3.05) is 31.1 Å². The maximum atomic E-state index is 12.6. The lowest BCUT2D eigenvalue weighted by Gasteiger charge is -2.36. The molecule has 0 saturated carbocycles. The monoisotopic (exact) mass is 417 g/mol. The summed E-state index contributed by atoms with van der Waals surface area (Å²) in [6, 6.07) is 20.2. The summed E-state index contributed by atoms with van der Waals surface area (Å²) < 4.78 is 5.86. The highest BCUT2D eigenvalue weighted by Gasteiger charge is 2.20. The highest BCUT2D eigenvalue weighted by atomic mass is 16.4. The van der Waals surface area contributed by atoms with E-state index in [0.717, 1.165) is 44.0 Å². The number of nitrogens with zero attached hydrogens (tertiary/aromatic N) is 2. The van der Waals surface area contributed by atoms with Crippen molar-refractivity contribution in [1.82, 2.24) is 10.2 Å². The van der Waals surface area contributed by atoms with Gasteiger partial charge in [-0.3, -0.25) is 9.69 Å². The minimum Gasteiger partial charge on any atom is -0.455 e. The predicted octanol–water partition coefficient (Wildman–Crippen LogP) is 4.71. The van der Waals surface area contributed by atoms with Crippen molar-refractivity contribution in [3.05, 3.63) is 88.9 Å². The Labute approximate surface area is 184 Å². The van der Waals surface area contributed by atoms with Crippen LogP contribution in [0.4, 0.5) is 5.69 Å². The van der Waals surface area contributed by atoms with Gasteiger partial charge in [0.05, 0.1) is 12.6 Å².